The first-order chi connectivity index (χ1) is 10.0. The maximum absolute atomic E-state index is 5.93. The van der Waals surface area contributed by atoms with E-state index in [4.69, 9.17) is 16.6 Å². The average molecular weight is 322 g/mol. The molecule has 1 aromatic carbocycles. The topological polar surface area (TPSA) is 37.8 Å². The molecule has 1 aromatic heterocycles. The van der Waals surface area contributed by atoms with Crippen LogP contribution in [-0.4, -0.2) is 16.5 Å². The van der Waals surface area contributed by atoms with Gasteiger partial charge in [-0.1, -0.05) is 37.2 Å². The summed E-state index contributed by atoms with van der Waals surface area (Å²) in [4.78, 5) is 10.5. The molecule has 0 radical (unpaired) electrons. The normalized spacial score (nSPS) is 11.0. The van der Waals surface area contributed by atoms with Gasteiger partial charge in [0.2, 0.25) is 0 Å². The highest BCUT2D eigenvalue weighted by atomic mass is 35.5. The van der Waals surface area contributed by atoms with Crippen molar-refractivity contribution in [2.75, 3.05) is 11.9 Å². The smallest absolute Gasteiger partial charge is 0.134 e. The minimum Gasteiger partial charge on any atom is -0.370 e. The average Bonchev–Trinajstić information content (AvgIpc) is 2.45. The highest BCUT2D eigenvalue weighted by Crippen LogP contribution is 2.32. The van der Waals surface area contributed by atoms with E-state index in [1.54, 1.807) is 11.8 Å². The van der Waals surface area contributed by atoms with Crippen molar-refractivity contribution in [2.45, 2.75) is 43.5 Å². The van der Waals surface area contributed by atoms with E-state index >= 15 is 0 Å². The lowest BCUT2D eigenvalue weighted by atomic mass is 10.2. The number of hydrogen-bond acceptors (Lipinski definition) is 4. The fourth-order valence-electron chi connectivity index (χ4n) is 1.82. The number of halogens is 1. The highest BCUT2D eigenvalue weighted by Gasteiger charge is 2.13. The monoisotopic (exact) mass is 321 g/mol. The predicted octanol–water partition coefficient (Wildman–Crippen LogP) is 5.14. The van der Waals surface area contributed by atoms with Crippen LogP contribution in [0, 0.1) is 6.92 Å². The van der Waals surface area contributed by atoms with Crippen molar-refractivity contribution in [3.8, 4) is 0 Å². The summed E-state index contributed by atoms with van der Waals surface area (Å²) in [6.07, 6.45) is 0. The molecule has 0 unspecified atom stereocenters. The van der Waals surface area contributed by atoms with Crippen molar-refractivity contribution in [3.05, 3.63) is 40.7 Å². The molecule has 0 bridgehead atoms. The third-order valence-corrected chi connectivity index (χ3v) is 4.36. The molecule has 2 aromatic rings. The molecule has 0 spiro atoms. The molecule has 3 nitrogen and oxygen atoms in total. The molecule has 0 aliphatic heterocycles. The number of aromatic nitrogens is 2. The lowest BCUT2D eigenvalue weighted by Gasteiger charge is -2.14. The Morgan fingerprint density at radius 1 is 1.19 bits per heavy atom. The quantitative estimate of drug-likeness (QED) is 0.773. The first kappa shape index (κ1) is 16.1. The lowest BCUT2D eigenvalue weighted by molar-refractivity contribution is 0.748. The van der Waals surface area contributed by atoms with Gasteiger partial charge in [0.05, 0.1) is 0 Å². The second kappa shape index (κ2) is 7.14. The van der Waals surface area contributed by atoms with Crippen LogP contribution < -0.4 is 5.32 Å². The summed E-state index contributed by atoms with van der Waals surface area (Å²) >= 11 is 7.58. The van der Waals surface area contributed by atoms with Gasteiger partial charge in [-0.05, 0) is 38.1 Å². The predicted molar refractivity (Wildman–Crippen MR) is 90.6 cm³/mol. The number of hydrogen-bond donors (Lipinski definition) is 1. The third kappa shape index (κ3) is 4.11. The summed E-state index contributed by atoms with van der Waals surface area (Å²) in [5, 5.41) is 5.06. The molecule has 2 rings (SSSR count). The fraction of sp³-hybridized carbons (Fsp3) is 0.375. The van der Waals surface area contributed by atoms with Crippen molar-refractivity contribution in [1.29, 1.82) is 0 Å². The number of anilines is 1. The minimum atomic E-state index is 0.299. The van der Waals surface area contributed by atoms with E-state index in [0.717, 1.165) is 38.7 Å². The molecule has 21 heavy (non-hydrogen) atoms. The van der Waals surface area contributed by atoms with Crippen molar-refractivity contribution in [1.82, 2.24) is 9.97 Å². The molecule has 0 saturated heterocycles. The molecule has 0 aliphatic carbocycles. The fourth-order valence-corrected chi connectivity index (χ4v) is 2.83. The van der Waals surface area contributed by atoms with Gasteiger partial charge >= 0.3 is 0 Å². The number of rotatable bonds is 5. The zero-order valence-electron chi connectivity index (χ0n) is 12.8. The summed E-state index contributed by atoms with van der Waals surface area (Å²) in [5.74, 6) is 2.09. The van der Waals surface area contributed by atoms with Gasteiger partial charge in [0.1, 0.15) is 16.7 Å². The Morgan fingerprint density at radius 2 is 1.86 bits per heavy atom. The molecule has 0 saturated carbocycles. The molecule has 0 fully saturated rings. The Bertz CT molecular complexity index is 612. The summed E-state index contributed by atoms with van der Waals surface area (Å²) in [6, 6.07) is 7.82. The van der Waals surface area contributed by atoms with E-state index in [1.807, 2.05) is 24.3 Å². The van der Waals surface area contributed by atoms with Crippen LogP contribution in [0.1, 0.15) is 38.1 Å². The maximum atomic E-state index is 5.93. The van der Waals surface area contributed by atoms with Gasteiger partial charge in [0.25, 0.3) is 0 Å². The van der Waals surface area contributed by atoms with Gasteiger partial charge in [-0.3, -0.25) is 0 Å². The Labute approximate surface area is 135 Å². The SMILES string of the molecule is CCNc1nc(C(C)C)nc(Sc2ccc(Cl)cc2)c1C. The van der Waals surface area contributed by atoms with E-state index in [2.05, 4.69) is 38.0 Å². The molecule has 1 N–H and O–H groups in total. The highest BCUT2D eigenvalue weighted by molar-refractivity contribution is 7.99. The lowest BCUT2D eigenvalue weighted by Crippen LogP contribution is -2.08. The molecule has 0 amide bonds. The minimum absolute atomic E-state index is 0.299. The van der Waals surface area contributed by atoms with Gasteiger partial charge in [0, 0.05) is 27.9 Å². The Hall–Kier alpha value is -1.26. The number of nitrogens with zero attached hydrogens (tertiary/aromatic N) is 2. The third-order valence-electron chi connectivity index (χ3n) is 3.01. The van der Waals surface area contributed by atoms with E-state index in [0.29, 0.717) is 5.92 Å². The largest absolute Gasteiger partial charge is 0.370 e. The molecular formula is C16H20ClN3S. The Kier molecular flexibility index (Phi) is 5.48. The standard InChI is InChI=1S/C16H20ClN3S/c1-5-18-15-11(4)16(20-14(19-15)10(2)3)21-13-8-6-12(17)7-9-13/h6-10H,5H2,1-4H3,(H,18,19,20). The van der Waals surface area contributed by atoms with Crippen LogP contribution in [0.4, 0.5) is 5.82 Å². The number of benzene rings is 1. The van der Waals surface area contributed by atoms with Gasteiger partial charge in [-0.2, -0.15) is 0 Å². The van der Waals surface area contributed by atoms with Gasteiger partial charge in [-0.25, -0.2) is 9.97 Å². The molecule has 112 valence electrons. The zero-order valence-corrected chi connectivity index (χ0v) is 14.3. The van der Waals surface area contributed by atoms with E-state index in [9.17, 15) is 0 Å². The van der Waals surface area contributed by atoms with Crippen molar-refractivity contribution in [3.63, 3.8) is 0 Å². The molecule has 5 heteroatoms. The van der Waals surface area contributed by atoms with Crippen molar-refractivity contribution >= 4 is 29.2 Å². The summed E-state index contributed by atoms with van der Waals surface area (Å²) < 4.78 is 0. The molecular weight excluding hydrogens is 302 g/mol. The van der Waals surface area contributed by atoms with Crippen LogP contribution in [-0.2, 0) is 0 Å². The second-order valence-electron chi connectivity index (χ2n) is 5.10. The second-order valence-corrected chi connectivity index (χ2v) is 6.60. The van der Waals surface area contributed by atoms with Crippen LogP contribution in [0.5, 0.6) is 0 Å². The van der Waals surface area contributed by atoms with E-state index < -0.39 is 0 Å². The van der Waals surface area contributed by atoms with Crippen LogP contribution >= 0.6 is 23.4 Å². The van der Waals surface area contributed by atoms with Gasteiger partial charge < -0.3 is 5.32 Å². The van der Waals surface area contributed by atoms with Crippen LogP contribution in [0.15, 0.2) is 34.2 Å². The number of nitrogens with one attached hydrogen (secondary N) is 1. The van der Waals surface area contributed by atoms with E-state index in [1.165, 1.54) is 0 Å². The summed E-state index contributed by atoms with van der Waals surface area (Å²) in [7, 11) is 0. The zero-order chi connectivity index (χ0) is 15.4. The molecule has 0 atom stereocenters. The maximum Gasteiger partial charge on any atom is 0.134 e. The van der Waals surface area contributed by atoms with Crippen LogP contribution in [0.2, 0.25) is 5.02 Å². The summed E-state index contributed by atoms with van der Waals surface area (Å²) in [5.41, 5.74) is 1.08. The van der Waals surface area contributed by atoms with Crippen molar-refractivity contribution in [2.24, 2.45) is 0 Å². The van der Waals surface area contributed by atoms with Crippen molar-refractivity contribution < 1.29 is 0 Å². The van der Waals surface area contributed by atoms with Crippen LogP contribution in [0.25, 0.3) is 0 Å². The Balaban J connectivity index is 2.38. The van der Waals surface area contributed by atoms with Crippen LogP contribution in [0.3, 0.4) is 0 Å². The molecule has 1 heterocycles. The first-order valence-corrected chi connectivity index (χ1v) is 8.26. The molecule has 0 aliphatic rings. The first-order valence-electron chi connectivity index (χ1n) is 7.07. The van der Waals surface area contributed by atoms with E-state index in [-0.39, 0.29) is 0 Å². The summed E-state index contributed by atoms with van der Waals surface area (Å²) in [6.45, 7) is 9.19. The van der Waals surface area contributed by atoms with Gasteiger partial charge in [-0.15, -0.1) is 0 Å². The Morgan fingerprint density at radius 3 is 2.43 bits per heavy atom. The van der Waals surface area contributed by atoms with Gasteiger partial charge in [0.15, 0.2) is 0 Å².